The lowest BCUT2D eigenvalue weighted by Gasteiger charge is -2.07. The summed E-state index contributed by atoms with van der Waals surface area (Å²) in [5.74, 6) is -0.375. The Kier molecular flexibility index (Phi) is 2.63. The number of hydrogen-bond donors (Lipinski definition) is 1. The summed E-state index contributed by atoms with van der Waals surface area (Å²) < 4.78 is 8.10. The van der Waals surface area contributed by atoms with Crippen molar-refractivity contribution >= 4 is 11.7 Å². The minimum absolute atomic E-state index is 0.375. The van der Waals surface area contributed by atoms with Gasteiger partial charge in [-0.15, -0.1) is 0 Å². The van der Waals surface area contributed by atoms with Crippen molar-refractivity contribution in [1.82, 2.24) is 14.3 Å². The van der Waals surface area contributed by atoms with E-state index < -0.39 is 0 Å². The molecule has 2 heterocycles. The molecule has 0 saturated heterocycles. The lowest BCUT2D eigenvalue weighted by Crippen LogP contribution is -2.09. The molecule has 0 spiro atoms. The molecule has 0 atom stereocenters. The van der Waals surface area contributed by atoms with Crippen LogP contribution >= 0.6 is 0 Å². The number of ether oxygens (including phenoxy) is 1. The summed E-state index contributed by atoms with van der Waals surface area (Å²) in [7, 11) is 4.94. The molecule has 0 aliphatic heterocycles. The molecule has 0 fully saturated rings. The topological polar surface area (TPSA) is 75.1 Å². The average Bonchev–Trinajstić information content (AvgIpc) is 2.82. The molecule has 0 aromatic carbocycles. The van der Waals surface area contributed by atoms with Crippen molar-refractivity contribution in [3.63, 3.8) is 0 Å². The van der Waals surface area contributed by atoms with Gasteiger partial charge in [-0.1, -0.05) is 0 Å². The molecule has 17 heavy (non-hydrogen) atoms. The molecule has 2 aromatic rings. The predicted octanol–water partition coefficient (Wildman–Crippen LogP) is 0.794. The number of carbonyl (C=O) groups is 1. The van der Waals surface area contributed by atoms with E-state index in [0.29, 0.717) is 11.4 Å². The first-order chi connectivity index (χ1) is 8.06. The highest BCUT2D eigenvalue weighted by molar-refractivity contribution is 5.89. The number of esters is 1. The van der Waals surface area contributed by atoms with Gasteiger partial charge in [-0.2, -0.15) is 5.10 Å². The summed E-state index contributed by atoms with van der Waals surface area (Å²) in [6.45, 7) is 0. The lowest BCUT2D eigenvalue weighted by molar-refractivity contribution is 0.0590. The molecule has 2 N–H and O–H groups in total. The van der Waals surface area contributed by atoms with Gasteiger partial charge in [-0.3, -0.25) is 4.68 Å². The Morgan fingerprint density at radius 1 is 1.41 bits per heavy atom. The number of hydrogen-bond acceptors (Lipinski definition) is 4. The van der Waals surface area contributed by atoms with Crippen LogP contribution in [0.2, 0.25) is 0 Å². The van der Waals surface area contributed by atoms with Crippen LogP contribution in [0, 0.1) is 0 Å². The molecule has 0 unspecified atom stereocenters. The van der Waals surface area contributed by atoms with Crippen LogP contribution in [-0.2, 0) is 18.8 Å². The second kappa shape index (κ2) is 3.97. The van der Waals surface area contributed by atoms with Crippen LogP contribution in [0.4, 0.5) is 5.69 Å². The first-order valence-electron chi connectivity index (χ1n) is 5.08. The minimum Gasteiger partial charge on any atom is -0.464 e. The first-order valence-corrected chi connectivity index (χ1v) is 5.08. The standard InChI is InChI=1S/C11H14N4O2/c1-14-8(4-5-9(14)11(16)17-3)10-7(12)6-13-15(10)2/h4-6H,12H2,1-3H3. The van der Waals surface area contributed by atoms with Crippen LogP contribution in [0.5, 0.6) is 0 Å². The summed E-state index contributed by atoms with van der Waals surface area (Å²) in [5, 5.41) is 4.07. The van der Waals surface area contributed by atoms with E-state index in [9.17, 15) is 4.79 Å². The number of carbonyl (C=O) groups excluding carboxylic acids is 1. The number of methoxy groups -OCH3 is 1. The highest BCUT2D eigenvalue weighted by Crippen LogP contribution is 2.26. The van der Waals surface area contributed by atoms with Gasteiger partial charge in [0.15, 0.2) is 0 Å². The van der Waals surface area contributed by atoms with Gasteiger partial charge in [-0.05, 0) is 12.1 Å². The van der Waals surface area contributed by atoms with Crippen molar-refractivity contribution in [1.29, 1.82) is 0 Å². The zero-order valence-corrected chi connectivity index (χ0v) is 9.97. The van der Waals surface area contributed by atoms with E-state index in [1.807, 2.05) is 6.07 Å². The Bertz CT molecular complexity index is 549. The van der Waals surface area contributed by atoms with Crippen LogP contribution in [0.1, 0.15) is 10.5 Å². The third-order valence-corrected chi connectivity index (χ3v) is 2.73. The fourth-order valence-corrected chi connectivity index (χ4v) is 1.83. The highest BCUT2D eigenvalue weighted by atomic mass is 16.5. The zero-order chi connectivity index (χ0) is 12.6. The number of anilines is 1. The van der Waals surface area contributed by atoms with Crippen LogP contribution in [0.25, 0.3) is 11.4 Å². The SMILES string of the molecule is COC(=O)c1ccc(-c2c(N)cnn2C)n1C. The second-order valence-corrected chi connectivity index (χ2v) is 3.73. The summed E-state index contributed by atoms with van der Waals surface area (Å²) in [5.41, 5.74) is 8.50. The van der Waals surface area contributed by atoms with Crippen molar-refractivity contribution in [2.24, 2.45) is 14.1 Å². The minimum atomic E-state index is -0.375. The van der Waals surface area contributed by atoms with Gasteiger partial charge in [-0.25, -0.2) is 4.79 Å². The van der Waals surface area contributed by atoms with Crippen molar-refractivity contribution in [2.45, 2.75) is 0 Å². The van der Waals surface area contributed by atoms with Crippen molar-refractivity contribution in [3.8, 4) is 11.4 Å². The molecule has 0 amide bonds. The van der Waals surface area contributed by atoms with Crippen molar-refractivity contribution in [2.75, 3.05) is 12.8 Å². The number of aromatic nitrogens is 3. The normalized spacial score (nSPS) is 10.5. The zero-order valence-electron chi connectivity index (χ0n) is 9.97. The molecule has 2 aromatic heterocycles. The molecule has 0 aliphatic carbocycles. The van der Waals surface area contributed by atoms with Gasteiger partial charge in [0.25, 0.3) is 0 Å². The van der Waals surface area contributed by atoms with E-state index in [1.54, 1.807) is 35.6 Å². The van der Waals surface area contributed by atoms with Crippen molar-refractivity contribution in [3.05, 3.63) is 24.0 Å². The maximum absolute atomic E-state index is 11.5. The maximum atomic E-state index is 11.5. The highest BCUT2D eigenvalue weighted by Gasteiger charge is 2.17. The molecular weight excluding hydrogens is 220 g/mol. The Hall–Kier alpha value is -2.24. The summed E-state index contributed by atoms with van der Waals surface area (Å²) in [6, 6.07) is 3.52. The van der Waals surface area contributed by atoms with Crippen LogP contribution in [0.15, 0.2) is 18.3 Å². The molecule has 0 bridgehead atoms. The fraction of sp³-hybridized carbons (Fsp3) is 0.273. The van der Waals surface area contributed by atoms with E-state index in [2.05, 4.69) is 5.10 Å². The molecule has 90 valence electrons. The van der Waals surface area contributed by atoms with E-state index >= 15 is 0 Å². The number of nitrogen functional groups attached to an aromatic ring is 1. The Labute approximate surface area is 98.6 Å². The number of aryl methyl sites for hydroxylation is 1. The molecule has 0 saturated carbocycles. The summed E-state index contributed by atoms with van der Waals surface area (Å²) in [4.78, 5) is 11.5. The van der Waals surface area contributed by atoms with E-state index in [-0.39, 0.29) is 5.97 Å². The van der Waals surface area contributed by atoms with Gasteiger partial charge in [0, 0.05) is 14.1 Å². The van der Waals surface area contributed by atoms with Crippen LogP contribution < -0.4 is 5.73 Å². The first kappa shape index (κ1) is 11.3. The van der Waals surface area contributed by atoms with Gasteiger partial charge >= 0.3 is 5.97 Å². The predicted molar refractivity (Wildman–Crippen MR) is 63.4 cm³/mol. The van der Waals surface area contributed by atoms with Crippen LogP contribution in [0.3, 0.4) is 0 Å². The van der Waals surface area contributed by atoms with Gasteiger partial charge in [0.05, 0.1) is 24.7 Å². The maximum Gasteiger partial charge on any atom is 0.354 e. The van der Waals surface area contributed by atoms with Crippen LogP contribution in [-0.4, -0.2) is 27.4 Å². The summed E-state index contributed by atoms with van der Waals surface area (Å²) >= 11 is 0. The average molecular weight is 234 g/mol. The number of nitrogens with two attached hydrogens (primary N) is 1. The van der Waals surface area contributed by atoms with Gasteiger partial charge in [0.1, 0.15) is 11.4 Å². The molecule has 6 nitrogen and oxygen atoms in total. The lowest BCUT2D eigenvalue weighted by atomic mass is 10.3. The Balaban J connectivity index is 2.55. The molecule has 2 rings (SSSR count). The van der Waals surface area contributed by atoms with Crippen molar-refractivity contribution < 1.29 is 9.53 Å². The molecule has 6 heteroatoms. The second-order valence-electron chi connectivity index (χ2n) is 3.73. The monoisotopic (exact) mass is 234 g/mol. The van der Waals surface area contributed by atoms with E-state index in [1.165, 1.54) is 7.11 Å². The van der Waals surface area contributed by atoms with E-state index in [4.69, 9.17) is 10.5 Å². The van der Waals surface area contributed by atoms with Gasteiger partial charge in [0.2, 0.25) is 0 Å². The number of rotatable bonds is 2. The largest absolute Gasteiger partial charge is 0.464 e. The fourth-order valence-electron chi connectivity index (χ4n) is 1.83. The summed E-state index contributed by atoms with van der Waals surface area (Å²) in [6.07, 6.45) is 1.58. The third-order valence-electron chi connectivity index (χ3n) is 2.73. The molecule has 0 radical (unpaired) electrons. The molecular formula is C11H14N4O2. The van der Waals surface area contributed by atoms with E-state index in [0.717, 1.165) is 11.4 Å². The number of nitrogens with zero attached hydrogens (tertiary/aromatic N) is 3. The molecule has 0 aliphatic rings. The smallest absolute Gasteiger partial charge is 0.354 e. The van der Waals surface area contributed by atoms with Gasteiger partial charge < -0.3 is 15.0 Å². The quantitative estimate of drug-likeness (QED) is 0.780. The third kappa shape index (κ3) is 1.67. The Morgan fingerprint density at radius 3 is 2.65 bits per heavy atom. The Morgan fingerprint density at radius 2 is 2.12 bits per heavy atom.